The van der Waals surface area contributed by atoms with Gasteiger partial charge >= 0.3 is 0 Å². The van der Waals surface area contributed by atoms with Crippen LogP contribution in [0.2, 0.25) is 0 Å². The molecule has 0 aliphatic heterocycles. The maximum Gasteiger partial charge on any atom is 0.0554 e. The van der Waals surface area contributed by atoms with Gasteiger partial charge in [0.1, 0.15) is 0 Å². The van der Waals surface area contributed by atoms with E-state index in [1.807, 2.05) is 0 Å². The van der Waals surface area contributed by atoms with Crippen molar-refractivity contribution in [2.45, 2.75) is 17.8 Å². The molecule has 0 spiro atoms. The number of hydrogen-bond acceptors (Lipinski definition) is 0. The predicted molar refractivity (Wildman–Crippen MR) is 104 cm³/mol. The van der Waals surface area contributed by atoms with E-state index in [1.165, 1.54) is 44.2 Å². The summed E-state index contributed by atoms with van der Waals surface area (Å²) in [6.07, 6.45) is 2.42. The van der Waals surface area contributed by atoms with Gasteiger partial charge in [0.15, 0.2) is 0 Å². The minimum Gasteiger partial charge on any atom is -0.0728 e. The molecule has 1 aliphatic rings. The molecule has 1 atom stereocenters. The van der Waals surface area contributed by atoms with Crippen LogP contribution in [0.25, 0.3) is 16.3 Å². The lowest BCUT2D eigenvalue weighted by Gasteiger charge is -2.14. The second-order valence-corrected chi connectivity index (χ2v) is 7.32. The van der Waals surface area contributed by atoms with E-state index in [1.54, 1.807) is 0 Å². The summed E-state index contributed by atoms with van der Waals surface area (Å²) in [6.45, 7) is 4.46. The van der Waals surface area contributed by atoms with Crippen molar-refractivity contribution in [3.63, 3.8) is 0 Å². The van der Waals surface area contributed by atoms with Crippen LogP contribution in [0, 0.1) is 13.8 Å². The first-order chi connectivity index (χ1) is 10.7. The molecule has 0 saturated carbocycles. The molecule has 0 nitrogen and oxygen atoms in total. The number of alkyl halides is 1. The fourth-order valence-electron chi connectivity index (χ4n) is 3.55. The SMILES string of the molecule is Cc1ccccc1C1=CC(I)c2cccc3ccc1c(C)c23. The number of halogens is 1. The van der Waals surface area contributed by atoms with Crippen molar-refractivity contribution < 1.29 is 0 Å². The summed E-state index contributed by atoms with van der Waals surface area (Å²) in [5, 5.41) is 2.78. The van der Waals surface area contributed by atoms with Crippen molar-refractivity contribution in [1.82, 2.24) is 0 Å². The van der Waals surface area contributed by atoms with E-state index in [2.05, 4.69) is 97.1 Å². The van der Waals surface area contributed by atoms with E-state index in [0.29, 0.717) is 3.92 Å². The first-order valence-electron chi connectivity index (χ1n) is 7.61. The maximum atomic E-state index is 2.56. The van der Waals surface area contributed by atoms with Gasteiger partial charge in [0, 0.05) is 0 Å². The number of aryl methyl sites for hydroxylation is 2. The number of hydrogen-bond donors (Lipinski definition) is 0. The lowest BCUT2D eigenvalue weighted by Crippen LogP contribution is -1.93. The van der Waals surface area contributed by atoms with Crippen LogP contribution < -0.4 is 0 Å². The van der Waals surface area contributed by atoms with Crippen LogP contribution in [-0.2, 0) is 0 Å². The van der Waals surface area contributed by atoms with Gasteiger partial charge in [-0.2, -0.15) is 0 Å². The predicted octanol–water partition coefficient (Wildman–Crippen LogP) is 6.38. The van der Waals surface area contributed by atoms with Crippen LogP contribution in [0.4, 0.5) is 0 Å². The molecule has 1 unspecified atom stereocenters. The number of fused-ring (bicyclic) bond motifs is 1. The molecule has 3 aromatic rings. The first-order valence-corrected chi connectivity index (χ1v) is 8.86. The molecule has 0 N–H and O–H groups in total. The van der Waals surface area contributed by atoms with Crippen molar-refractivity contribution in [3.8, 4) is 0 Å². The third-order valence-corrected chi connectivity index (χ3v) is 5.70. The third-order valence-electron chi connectivity index (χ3n) is 4.67. The minimum absolute atomic E-state index is 0.398. The third kappa shape index (κ3) is 2.03. The molecular formula is C21H17I. The Hall–Kier alpha value is -1.61. The summed E-state index contributed by atoms with van der Waals surface area (Å²) in [5.74, 6) is 0. The summed E-state index contributed by atoms with van der Waals surface area (Å²) >= 11 is 2.56. The van der Waals surface area contributed by atoms with Crippen LogP contribution in [0.1, 0.15) is 31.7 Å². The molecule has 0 heterocycles. The average molecular weight is 396 g/mol. The Labute approximate surface area is 145 Å². The maximum absolute atomic E-state index is 2.56. The highest BCUT2D eigenvalue weighted by Gasteiger charge is 2.20. The fraction of sp³-hybridized carbons (Fsp3) is 0.143. The quantitative estimate of drug-likeness (QED) is 0.331. The zero-order chi connectivity index (χ0) is 15.3. The van der Waals surface area contributed by atoms with E-state index in [9.17, 15) is 0 Å². The van der Waals surface area contributed by atoms with Gasteiger partial charge in [-0.1, -0.05) is 83.3 Å². The minimum atomic E-state index is 0.398. The standard InChI is InChI=1S/C21H17I/c1-13-6-3-4-8-16(13)19-12-20(22)18-9-5-7-15-10-11-17(19)14(2)21(15)18/h3-12,20H,1-2H3. The van der Waals surface area contributed by atoms with Gasteiger partial charge in [-0.05, 0) is 58.0 Å². The van der Waals surface area contributed by atoms with Gasteiger partial charge in [0.05, 0.1) is 3.92 Å². The van der Waals surface area contributed by atoms with Gasteiger partial charge in [-0.25, -0.2) is 0 Å². The molecule has 0 radical (unpaired) electrons. The highest BCUT2D eigenvalue weighted by Crippen LogP contribution is 2.43. The number of rotatable bonds is 1. The van der Waals surface area contributed by atoms with Crippen molar-refractivity contribution in [2.75, 3.05) is 0 Å². The van der Waals surface area contributed by atoms with E-state index in [-0.39, 0.29) is 0 Å². The second kappa shape index (κ2) is 5.24. The van der Waals surface area contributed by atoms with Gasteiger partial charge in [0.25, 0.3) is 0 Å². The fourth-order valence-corrected chi connectivity index (χ4v) is 4.43. The Morgan fingerprint density at radius 3 is 2.45 bits per heavy atom. The molecule has 2 bridgehead atoms. The topological polar surface area (TPSA) is 0 Å². The monoisotopic (exact) mass is 396 g/mol. The van der Waals surface area contributed by atoms with Gasteiger partial charge in [-0.3, -0.25) is 0 Å². The van der Waals surface area contributed by atoms with Crippen LogP contribution in [-0.4, -0.2) is 0 Å². The first kappa shape index (κ1) is 14.0. The normalized spacial score (nSPS) is 16.7. The Morgan fingerprint density at radius 1 is 0.818 bits per heavy atom. The summed E-state index contributed by atoms with van der Waals surface area (Å²) in [5.41, 5.74) is 8.26. The molecule has 4 rings (SSSR count). The summed E-state index contributed by atoms with van der Waals surface area (Å²) in [6, 6.07) is 19.9. The van der Waals surface area contributed by atoms with Crippen molar-refractivity contribution in [1.29, 1.82) is 0 Å². The summed E-state index contributed by atoms with van der Waals surface area (Å²) in [7, 11) is 0. The highest BCUT2D eigenvalue weighted by atomic mass is 127. The number of allylic oxidation sites excluding steroid dienone is 1. The van der Waals surface area contributed by atoms with Crippen molar-refractivity contribution >= 4 is 38.9 Å². The Morgan fingerprint density at radius 2 is 1.64 bits per heavy atom. The molecular weight excluding hydrogens is 379 g/mol. The second-order valence-electron chi connectivity index (χ2n) is 5.98. The molecule has 0 fully saturated rings. The molecule has 108 valence electrons. The smallest absolute Gasteiger partial charge is 0.0554 e. The molecule has 1 heteroatoms. The zero-order valence-corrected chi connectivity index (χ0v) is 14.9. The van der Waals surface area contributed by atoms with E-state index < -0.39 is 0 Å². The molecule has 0 saturated heterocycles. The van der Waals surface area contributed by atoms with E-state index in [4.69, 9.17) is 0 Å². The van der Waals surface area contributed by atoms with Crippen LogP contribution in [0.5, 0.6) is 0 Å². The zero-order valence-electron chi connectivity index (χ0n) is 12.7. The van der Waals surface area contributed by atoms with Gasteiger partial charge < -0.3 is 0 Å². The Balaban J connectivity index is 2.09. The largest absolute Gasteiger partial charge is 0.0728 e. The highest BCUT2D eigenvalue weighted by molar-refractivity contribution is 14.1. The van der Waals surface area contributed by atoms with Crippen molar-refractivity contribution in [3.05, 3.63) is 88.5 Å². The molecule has 22 heavy (non-hydrogen) atoms. The summed E-state index contributed by atoms with van der Waals surface area (Å²) < 4.78 is 0.398. The van der Waals surface area contributed by atoms with Gasteiger partial charge in [0.2, 0.25) is 0 Å². The average Bonchev–Trinajstić information content (AvgIpc) is 2.61. The van der Waals surface area contributed by atoms with E-state index >= 15 is 0 Å². The van der Waals surface area contributed by atoms with Crippen LogP contribution in [0.15, 0.2) is 60.7 Å². The lowest BCUT2D eigenvalue weighted by atomic mass is 9.90. The summed E-state index contributed by atoms with van der Waals surface area (Å²) in [4.78, 5) is 0. The molecule has 0 aromatic heterocycles. The lowest BCUT2D eigenvalue weighted by molar-refractivity contribution is 1.31. The molecule has 0 amide bonds. The Bertz CT molecular complexity index is 918. The van der Waals surface area contributed by atoms with Crippen LogP contribution in [0.3, 0.4) is 0 Å². The van der Waals surface area contributed by atoms with Gasteiger partial charge in [-0.15, -0.1) is 0 Å². The molecule has 3 aromatic carbocycles. The molecule has 1 aliphatic carbocycles. The van der Waals surface area contributed by atoms with Crippen LogP contribution >= 0.6 is 22.6 Å². The van der Waals surface area contributed by atoms with E-state index in [0.717, 1.165) is 0 Å². The Kier molecular flexibility index (Phi) is 3.33. The van der Waals surface area contributed by atoms with Crippen molar-refractivity contribution in [2.24, 2.45) is 0 Å². The number of benzene rings is 3.